The first kappa shape index (κ1) is 20.9. The smallest absolute Gasteiger partial charge is 0.338 e. The molecular weight excluding hydrogens is 408 g/mol. The molecule has 158 valence electrons. The molecule has 3 aromatic carbocycles. The second-order valence-electron chi connectivity index (χ2n) is 7.26. The number of benzene rings is 3. The highest BCUT2D eigenvalue weighted by Gasteiger charge is 2.34. The number of ether oxygens (including phenoxy) is 2. The molecule has 0 aromatic heterocycles. The van der Waals surface area contributed by atoms with Gasteiger partial charge in [0.05, 0.1) is 18.2 Å². The van der Waals surface area contributed by atoms with E-state index in [0.29, 0.717) is 35.3 Å². The lowest BCUT2D eigenvalue weighted by Crippen LogP contribution is -2.45. The van der Waals surface area contributed by atoms with Gasteiger partial charge in [-0.25, -0.2) is 4.79 Å². The summed E-state index contributed by atoms with van der Waals surface area (Å²) in [4.78, 5) is 12.9. The van der Waals surface area contributed by atoms with Gasteiger partial charge in [0, 0.05) is 11.3 Å². The van der Waals surface area contributed by atoms with E-state index in [1.165, 1.54) is 0 Å². The Labute approximate surface area is 187 Å². The number of esters is 1. The van der Waals surface area contributed by atoms with Crippen molar-refractivity contribution in [3.63, 3.8) is 0 Å². The van der Waals surface area contributed by atoms with Gasteiger partial charge in [-0.1, -0.05) is 60.7 Å². The quantitative estimate of drug-likeness (QED) is 0.432. The molecule has 0 fully saturated rings. The SMILES string of the molecule is CCOC(=O)C1=C(C)NC(=S)N[C@H]1c1c(OCc2ccccc2)ccc2ccccc12. The van der Waals surface area contributed by atoms with Crippen molar-refractivity contribution in [2.75, 3.05) is 6.61 Å². The second kappa shape index (κ2) is 9.18. The summed E-state index contributed by atoms with van der Waals surface area (Å²) in [5.74, 6) is 0.314. The molecule has 1 atom stereocenters. The Hall–Kier alpha value is -3.38. The van der Waals surface area contributed by atoms with Crippen LogP contribution in [0.2, 0.25) is 0 Å². The minimum atomic E-state index is -0.496. The molecule has 0 saturated carbocycles. The van der Waals surface area contributed by atoms with Crippen LogP contribution in [0.15, 0.2) is 78.0 Å². The molecule has 3 aromatic rings. The third kappa shape index (κ3) is 4.39. The number of rotatable bonds is 6. The maximum atomic E-state index is 12.9. The highest BCUT2D eigenvalue weighted by atomic mass is 32.1. The van der Waals surface area contributed by atoms with Crippen molar-refractivity contribution < 1.29 is 14.3 Å². The molecule has 0 radical (unpaired) electrons. The minimum Gasteiger partial charge on any atom is -0.489 e. The molecule has 0 bridgehead atoms. The fourth-order valence-corrected chi connectivity index (χ4v) is 4.10. The summed E-state index contributed by atoms with van der Waals surface area (Å²) in [5, 5.41) is 8.82. The Morgan fingerprint density at radius 2 is 1.77 bits per heavy atom. The van der Waals surface area contributed by atoms with E-state index < -0.39 is 6.04 Å². The topological polar surface area (TPSA) is 59.6 Å². The normalized spacial score (nSPS) is 15.9. The van der Waals surface area contributed by atoms with Gasteiger partial charge in [0.25, 0.3) is 0 Å². The summed E-state index contributed by atoms with van der Waals surface area (Å²) in [7, 11) is 0. The lowest BCUT2D eigenvalue weighted by Gasteiger charge is -2.31. The van der Waals surface area contributed by atoms with E-state index in [-0.39, 0.29) is 5.97 Å². The largest absolute Gasteiger partial charge is 0.489 e. The summed E-state index contributed by atoms with van der Waals surface area (Å²) >= 11 is 5.42. The van der Waals surface area contributed by atoms with Crippen molar-refractivity contribution >= 4 is 34.1 Å². The summed E-state index contributed by atoms with van der Waals surface area (Å²) in [6, 6.07) is 21.5. The second-order valence-corrected chi connectivity index (χ2v) is 7.67. The Morgan fingerprint density at radius 1 is 1.03 bits per heavy atom. The minimum absolute atomic E-state index is 0.291. The van der Waals surface area contributed by atoms with Gasteiger partial charge in [-0.2, -0.15) is 0 Å². The lowest BCUT2D eigenvalue weighted by molar-refractivity contribution is -0.139. The number of allylic oxidation sites excluding steroid dienone is 1. The molecule has 0 spiro atoms. The molecular formula is C25H24N2O3S. The molecule has 0 saturated heterocycles. The zero-order valence-electron chi connectivity index (χ0n) is 17.5. The van der Waals surface area contributed by atoms with Gasteiger partial charge < -0.3 is 20.1 Å². The van der Waals surface area contributed by atoms with Crippen LogP contribution >= 0.6 is 12.2 Å². The highest BCUT2D eigenvalue weighted by Crippen LogP contribution is 2.39. The number of thiocarbonyl (C=S) groups is 1. The van der Waals surface area contributed by atoms with E-state index in [1.807, 2.05) is 73.7 Å². The number of carbonyl (C=O) groups excluding carboxylic acids is 1. The van der Waals surface area contributed by atoms with Crippen molar-refractivity contribution in [3.8, 4) is 5.75 Å². The molecule has 0 aliphatic carbocycles. The fourth-order valence-electron chi connectivity index (χ4n) is 3.82. The van der Waals surface area contributed by atoms with Gasteiger partial charge in [0.1, 0.15) is 12.4 Å². The molecule has 0 amide bonds. The van der Waals surface area contributed by atoms with Crippen LogP contribution < -0.4 is 15.4 Å². The van der Waals surface area contributed by atoms with E-state index in [2.05, 4.69) is 10.6 Å². The Morgan fingerprint density at radius 3 is 2.55 bits per heavy atom. The lowest BCUT2D eigenvalue weighted by atomic mass is 9.90. The maximum absolute atomic E-state index is 12.9. The van der Waals surface area contributed by atoms with E-state index in [0.717, 1.165) is 21.9 Å². The first-order chi connectivity index (χ1) is 15.1. The third-order valence-electron chi connectivity index (χ3n) is 5.22. The molecule has 1 aliphatic heterocycles. The summed E-state index contributed by atoms with van der Waals surface area (Å²) in [6.45, 7) is 4.34. The van der Waals surface area contributed by atoms with Crippen molar-refractivity contribution in [1.29, 1.82) is 0 Å². The monoisotopic (exact) mass is 432 g/mol. The zero-order valence-corrected chi connectivity index (χ0v) is 18.3. The van der Waals surface area contributed by atoms with Crippen molar-refractivity contribution in [2.24, 2.45) is 0 Å². The van der Waals surface area contributed by atoms with Gasteiger partial charge >= 0.3 is 5.97 Å². The van der Waals surface area contributed by atoms with Crippen LogP contribution in [-0.2, 0) is 16.1 Å². The maximum Gasteiger partial charge on any atom is 0.338 e. The first-order valence-electron chi connectivity index (χ1n) is 10.2. The van der Waals surface area contributed by atoms with Crippen LogP contribution in [0.3, 0.4) is 0 Å². The van der Waals surface area contributed by atoms with Gasteiger partial charge in [0.2, 0.25) is 0 Å². The Balaban J connectivity index is 1.84. The number of fused-ring (bicyclic) bond motifs is 1. The Bertz CT molecular complexity index is 1160. The number of hydrogen-bond acceptors (Lipinski definition) is 4. The summed E-state index contributed by atoms with van der Waals surface area (Å²) in [5.41, 5.74) is 3.10. The summed E-state index contributed by atoms with van der Waals surface area (Å²) < 4.78 is 11.6. The molecule has 6 heteroatoms. The molecule has 31 heavy (non-hydrogen) atoms. The average Bonchev–Trinajstić information content (AvgIpc) is 2.77. The predicted octanol–water partition coefficient (Wildman–Crippen LogP) is 4.77. The van der Waals surface area contributed by atoms with E-state index in [1.54, 1.807) is 6.92 Å². The standard InChI is InChI=1S/C25H24N2O3S/c1-3-29-24(28)21-16(2)26-25(31)27-23(21)22-19-12-8-7-11-18(19)13-14-20(22)30-15-17-9-5-4-6-10-17/h4-14,23H,3,15H2,1-2H3,(H2,26,27,31)/t23-/m1/s1. The molecule has 4 rings (SSSR count). The van der Waals surface area contributed by atoms with Crippen molar-refractivity contribution in [3.05, 3.63) is 89.1 Å². The number of carbonyl (C=O) groups is 1. The van der Waals surface area contributed by atoms with Crippen LogP contribution in [0.4, 0.5) is 0 Å². The van der Waals surface area contributed by atoms with Crippen LogP contribution in [0.5, 0.6) is 5.75 Å². The van der Waals surface area contributed by atoms with Crippen LogP contribution in [0.25, 0.3) is 10.8 Å². The van der Waals surface area contributed by atoms with Crippen LogP contribution in [-0.4, -0.2) is 17.7 Å². The zero-order chi connectivity index (χ0) is 21.8. The number of hydrogen-bond donors (Lipinski definition) is 2. The highest BCUT2D eigenvalue weighted by molar-refractivity contribution is 7.80. The van der Waals surface area contributed by atoms with Gasteiger partial charge in [-0.3, -0.25) is 0 Å². The molecule has 1 aliphatic rings. The van der Waals surface area contributed by atoms with Crippen molar-refractivity contribution in [1.82, 2.24) is 10.6 Å². The van der Waals surface area contributed by atoms with Gasteiger partial charge in [-0.15, -0.1) is 0 Å². The molecule has 2 N–H and O–H groups in total. The molecule has 0 unspecified atom stereocenters. The van der Waals surface area contributed by atoms with Crippen LogP contribution in [0.1, 0.15) is 31.0 Å². The number of nitrogens with one attached hydrogen (secondary N) is 2. The van der Waals surface area contributed by atoms with Crippen LogP contribution in [0, 0.1) is 0 Å². The molecule has 1 heterocycles. The van der Waals surface area contributed by atoms with Gasteiger partial charge in [0.15, 0.2) is 5.11 Å². The van der Waals surface area contributed by atoms with Gasteiger partial charge in [-0.05, 0) is 48.5 Å². The molecule has 5 nitrogen and oxygen atoms in total. The fraction of sp³-hybridized carbons (Fsp3) is 0.200. The predicted molar refractivity (Wildman–Crippen MR) is 126 cm³/mol. The first-order valence-corrected chi connectivity index (χ1v) is 10.6. The average molecular weight is 433 g/mol. The van der Waals surface area contributed by atoms with Crippen molar-refractivity contribution in [2.45, 2.75) is 26.5 Å². The van der Waals surface area contributed by atoms with E-state index in [9.17, 15) is 4.79 Å². The summed E-state index contributed by atoms with van der Waals surface area (Å²) in [6.07, 6.45) is 0. The Kier molecular flexibility index (Phi) is 6.18. The van der Waals surface area contributed by atoms with E-state index in [4.69, 9.17) is 21.7 Å². The van der Waals surface area contributed by atoms with E-state index >= 15 is 0 Å². The third-order valence-corrected chi connectivity index (χ3v) is 5.44.